The molecule has 1 fully saturated rings. The van der Waals surface area contributed by atoms with Crippen molar-refractivity contribution in [3.63, 3.8) is 0 Å². The number of hydrogen-bond donors (Lipinski definition) is 1. The minimum absolute atomic E-state index is 0.106. The first-order valence-electron chi connectivity index (χ1n) is 10.7. The van der Waals surface area contributed by atoms with Crippen LogP contribution in [0.4, 0.5) is 0 Å². The van der Waals surface area contributed by atoms with Gasteiger partial charge in [-0.15, -0.1) is 11.3 Å². The summed E-state index contributed by atoms with van der Waals surface area (Å²) in [4.78, 5) is 32.8. The second-order valence-corrected chi connectivity index (χ2v) is 9.35. The van der Waals surface area contributed by atoms with Gasteiger partial charge < -0.3 is 14.7 Å². The molecule has 1 aromatic carbocycles. The number of hydrogen-bond acceptors (Lipinski definition) is 6. The number of Topliss-reactive ketones (excluding diaryl/α,β-unsaturated/α-hetero) is 1. The fourth-order valence-corrected chi connectivity index (χ4v) is 5.05. The van der Waals surface area contributed by atoms with Gasteiger partial charge in [-0.25, -0.2) is 0 Å². The van der Waals surface area contributed by atoms with Crippen molar-refractivity contribution in [1.29, 1.82) is 0 Å². The van der Waals surface area contributed by atoms with Crippen LogP contribution in [-0.2, 0) is 16.1 Å². The average molecular weight is 463 g/mol. The maximum absolute atomic E-state index is 13.2. The van der Waals surface area contributed by atoms with Crippen molar-refractivity contribution in [3.8, 4) is 5.75 Å². The Morgan fingerprint density at radius 3 is 2.64 bits per heavy atom. The highest BCUT2D eigenvalue weighted by Gasteiger charge is 2.46. The highest BCUT2D eigenvalue weighted by Crippen LogP contribution is 2.43. The van der Waals surface area contributed by atoms with E-state index in [2.05, 4.69) is 4.98 Å². The van der Waals surface area contributed by atoms with E-state index >= 15 is 0 Å². The number of likely N-dealkylation sites (tertiary alicyclic amines) is 1. The third kappa shape index (κ3) is 4.16. The van der Waals surface area contributed by atoms with Gasteiger partial charge in [0, 0.05) is 29.4 Å². The van der Waals surface area contributed by atoms with Crippen molar-refractivity contribution in [2.75, 3.05) is 7.11 Å². The lowest BCUT2D eigenvalue weighted by atomic mass is 9.92. The van der Waals surface area contributed by atoms with Crippen molar-refractivity contribution in [2.45, 2.75) is 39.3 Å². The van der Waals surface area contributed by atoms with E-state index in [1.165, 1.54) is 16.2 Å². The predicted molar refractivity (Wildman–Crippen MR) is 128 cm³/mol. The number of carbonyl (C=O) groups is 2. The van der Waals surface area contributed by atoms with Crippen LogP contribution in [0.5, 0.6) is 5.75 Å². The molecule has 0 aliphatic carbocycles. The molecule has 170 valence electrons. The van der Waals surface area contributed by atoms with Gasteiger partial charge >= 0.3 is 0 Å². The van der Waals surface area contributed by atoms with Crippen LogP contribution in [0.2, 0.25) is 0 Å². The highest BCUT2D eigenvalue weighted by molar-refractivity contribution is 7.10. The van der Waals surface area contributed by atoms with E-state index in [4.69, 9.17) is 4.74 Å². The molecular formula is C26H26N2O4S. The number of nitrogens with zero attached hydrogens (tertiary/aromatic N) is 2. The summed E-state index contributed by atoms with van der Waals surface area (Å²) in [5.74, 6) is -0.605. The van der Waals surface area contributed by atoms with Crippen LogP contribution >= 0.6 is 11.3 Å². The first-order valence-corrected chi connectivity index (χ1v) is 11.6. The average Bonchev–Trinajstić information content (AvgIpc) is 3.41. The molecule has 33 heavy (non-hydrogen) atoms. The number of pyridine rings is 1. The van der Waals surface area contributed by atoms with Gasteiger partial charge in [0.05, 0.1) is 18.7 Å². The molecule has 0 spiro atoms. The number of ether oxygens (including phenoxy) is 1. The molecule has 4 rings (SSSR count). The van der Waals surface area contributed by atoms with Gasteiger partial charge in [-0.3, -0.25) is 14.6 Å². The zero-order valence-electron chi connectivity index (χ0n) is 19.0. The topological polar surface area (TPSA) is 79.7 Å². The number of thiophene rings is 1. The van der Waals surface area contributed by atoms with E-state index in [1.807, 2.05) is 56.5 Å². The molecule has 1 aliphatic heterocycles. The molecule has 1 atom stereocenters. The molecular weight excluding hydrogens is 436 g/mol. The minimum Gasteiger partial charge on any atom is -0.507 e. The summed E-state index contributed by atoms with van der Waals surface area (Å²) >= 11 is 1.45. The fourth-order valence-electron chi connectivity index (χ4n) is 4.20. The van der Waals surface area contributed by atoms with Gasteiger partial charge in [0.1, 0.15) is 11.5 Å². The number of carbonyl (C=O) groups excluding carboxylic acids is 2. The lowest BCUT2D eigenvalue weighted by Crippen LogP contribution is -2.28. The van der Waals surface area contributed by atoms with E-state index in [9.17, 15) is 14.7 Å². The monoisotopic (exact) mass is 462 g/mol. The standard InChI is InChI=1S/C26H26N2O4S/c1-15(2)18-12-19(16(3)11-20(18)32-4)24(29)22-23(21-8-6-10-33-21)28(26(31)25(22)30)14-17-7-5-9-27-13-17/h5-13,15,23,29H,14H2,1-4H3/b24-22+. The highest BCUT2D eigenvalue weighted by atomic mass is 32.1. The SMILES string of the molecule is COc1cc(C)c(/C(O)=C2\C(=O)C(=O)N(Cc3cccnc3)C2c2cccs2)cc1C(C)C. The summed E-state index contributed by atoms with van der Waals surface area (Å²) < 4.78 is 5.52. The van der Waals surface area contributed by atoms with E-state index in [0.717, 1.165) is 27.3 Å². The maximum atomic E-state index is 13.2. The van der Waals surface area contributed by atoms with Crippen molar-refractivity contribution >= 4 is 28.8 Å². The van der Waals surface area contributed by atoms with Crippen LogP contribution in [0.3, 0.4) is 0 Å². The summed E-state index contributed by atoms with van der Waals surface area (Å²) in [5.41, 5.74) is 3.12. The second-order valence-electron chi connectivity index (χ2n) is 8.37. The zero-order valence-corrected chi connectivity index (χ0v) is 19.8. The van der Waals surface area contributed by atoms with E-state index in [0.29, 0.717) is 5.56 Å². The Morgan fingerprint density at radius 2 is 2.03 bits per heavy atom. The quantitative estimate of drug-likeness (QED) is 0.309. The van der Waals surface area contributed by atoms with Gasteiger partial charge in [-0.05, 0) is 59.2 Å². The van der Waals surface area contributed by atoms with Gasteiger partial charge in [0.2, 0.25) is 0 Å². The van der Waals surface area contributed by atoms with Crippen molar-refractivity contribution in [3.05, 3.63) is 86.9 Å². The van der Waals surface area contributed by atoms with E-state index < -0.39 is 17.7 Å². The van der Waals surface area contributed by atoms with Crippen LogP contribution in [0.1, 0.15) is 52.9 Å². The minimum atomic E-state index is -0.684. The van der Waals surface area contributed by atoms with Crippen molar-refractivity contribution in [2.24, 2.45) is 0 Å². The largest absolute Gasteiger partial charge is 0.507 e. The lowest BCUT2D eigenvalue weighted by Gasteiger charge is -2.24. The number of methoxy groups -OCH3 is 1. The van der Waals surface area contributed by atoms with Gasteiger partial charge in [0.25, 0.3) is 11.7 Å². The third-order valence-electron chi connectivity index (χ3n) is 5.88. The number of benzene rings is 1. The Hall–Kier alpha value is -3.45. The molecule has 0 radical (unpaired) electrons. The fraction of sp³-hybridized carbons (Fsp3) is 0.269. The van der Waals surface area contributed by atoms with Gasteiger partial charge in [-0.1, -0.05) is 26.0 Å². The number of aliphatic hydroxyl groups excluding tert-OH is 1. The maximum Gasteiger partial charge on any atom is 0.295 e. The molecule has 1 aliphatic rings. The number of aryl methyl sites for hydroxylation is 1. The smallest absolute Gasteiger partial charge is 0.295 e. The summed E-state index contributed by atoms with van der Waals surface area (Å²) in [6.07, 6.45) is 3.33. The van der Waals surface area contributed by atoms with Gasteiger partial charge in [0.15, 0.2) is 0 Å². The molecule has 1 N–H and O–H groups in total. The molecule has 3 heterocycles. The van der Waals surface area contributed by atoms with E-state index in [1.54, 1.807) is 25.6 Å². The van der Waals surface area contributed by atoms with Crippen LogP contribution in [0, 0.1) is 6.92 Å². The molecule has 1 unspecified atom stereocenters. The molecule has 1 amide bonds. The molecule has 7 heteroatoms. The third-order valence-corrected chi connectivity index (χ3v) is 6.81. The molecule has 0 saturated carbocycles. The first kappa shape index (κ1) is 22.7. The van der Waals surface area contributed by atoms with Crippen molar-refractivity contribution in [1.82, 2.24) is 9.88 Å². The molecule has 3 aromatic rings. The summed E-state index contributed by atoms with van der Waals surface area (Å²) in [6, 6.07) is 10.4. The Kier molecular flexibility index (Phi) is 6.33. The molecule has 2 aromatic heterocycles. The van der Waals surface area contributed by atoms with Crippen LogP contribution in [-0.4, -0.2) is 33.8 Å². The summed E-state index contributed by atoms with van der Waals surface area (Å²) in [5, 5.41) is 13.3. The lowest BCUT2D eigenvalue weighted by molar-refractivity contribution is -0.140. The molecule has 6 nitrogen and oxygen atoms in total. The Balaban J connectivity index is 1.88. The van der Waals surface area contributed by atoms with Crippen molar-refractivity contribution < 1.29 is 19.4 Å². The Bertz CT molecular complexity index is 1220. The first-order chi connectivity index (χ1) is 15.8. The normalized spacial score (nSPS) is 17.7. The summed E-state index contributed by atoms with van der Waals surface area (Å²) in [7, 11) is 1.61. The Labute approximate surface area is 197 Å². The number of aliphatic hydroxyl groups is 1. The van der Waals surface area contributed by atoms with Crippen LogP contribution < -0.4 is 4.74 Å². The molecule has 1 saturated heterocycles. The predicted octanol–water partition coefficient (Wildman–Crippen LogP) is 5.21. The number of aromatic nitrogens is 1. The number of rotatable bonds is 6. The number of amides is 1. The van der Waals surface area contributed by atoms with Crippen LogP contribution in [0.25, 0.3) is 5.76 Å². The number of ketones is 1. The van der Waals surface area contributed by atoms with Crippen LogP contribution in [0.15, 0.2) is 59.7 Å². The zero-order chi connectivity index (χ0) is 23.7. The second kappa shape index (κ2) is 9.19. The molecule has 0 bridgehead atoms. The Morgan fingerprint density at radius 1 is 1.24 bits per heavy atom. The summed E-state index contributed by atoms with van der Waals surface area (Å²) in [6.45, 7) is 6.15. The van der Waals surface area contributed by atoms with Gasteiger partial charge in [-0.2, -0.15) is 0 Å². The van der Waals surface area contributed by atoms with E-state index in [-0.39, 0.29) is 23.8 Å².